The van der Waals surface area contributed by atoms with Gasteiger partial charge in [-0.1, -0.05) is 0 Å². The first-order chi connectivity index (χ1) is 7.57. The maximum absolute atomic E-state index is 5.44. The van der Waals surface area contributed by atoms with Crippen molar-refractivity contribution >= 4 is 0 Å². The van der Waals surface area contributed by atoms with E-state index in [0.717, 1.165) is 26.3 Å². The summed E-state index contributed by atoms with van der Waals surface area (Å²) in [6.07, 6.45) is 0. The molecule has 2 atom stereocenters. The van der Waals surface area contributed by atoms with Crippen LogP contribution in [-0.2, 0) is 9.47 Å². The number of hydrogen-bond donors (Lipinski definition) is 0. The van der Waals surface area contributed by atoms with Crippen molar-refractivity contribution in [1.29, 1.82) is 0 Å². The molecule has 2 unspecified atom stereocenters. The molecule has 3 fully saturated rings. The van der Waals surface area contributed by atoms with E-state index in [-0.39, 0.29) is 11.2 Å². The van der Waals surface area contributed by atoms with Crippen LogP contribution in [0, 0.1) is 0 Å². The maximum Gasteiger partial charge on any atom is 0.101 e. The minimum atomic E-state index is 0.174. The van der Waals surface area contributed by atoms with Gasteiger partial charge in [0, 0.05) is 39.3 Å². The van der Waals surface area contributed by atoms with E-state index in [1.165, 1.54) is 26.2 Å². The van der Waals surface area contributed by atoms with Crippen molar-refractivity contribution in [1.82, 2.24) is 9.80 Å². The lowest BCUT2D eigenvalue weighted by atomic mass is 10.1. The summed E-state index contributed by atoms with van der Waals surface area (Å²) in [4.78, 5) is 5.05. The molecule has 0 bridgehead atoms. The molecule has 0 radical (unpaired) electrons. The normalized spacial score (nSPS) is 44.6. The molecule has 4 heteroatoms. The Morgan fingerprint density at radius 3 is 1.38 bits per heavy atom. The third-order valence-corrected chi connectivity index (χ3v) is 3.86. The largest absolute Gasteiger partial charge is 0.369 e. The molecular formula is C12H22N2O2. The first-order valence-electron chi connectivity index (χ1n) is 6.30. The topological polar surface area (TPSA) is 31.5 Å². The SMILES string of the molecule is CC1(CN2CCN(CC3(C)CO3)CC2)CO1. The molecule has 92 valence electrons. The molecule has 4 nitrogen and oxygen atoms in total. The van der Waals surface area contributed by atoms with Crippen LogP contribution in [0.4, 0.5) is 0 Å². The first-order valence-corrected chi connectivity index (χ1v) is 6.30. The Morgan fingerprint density at radius 1 is 0.812 bits per heavy atom. The van der Waals surface area contributed by atoms with E-state index in [9.17, 15) is 0 Å². The Balaban J connectivity index is 1.41. The van der Waals surface area contributed by atoms with Crippen molar-refractivity contribution in [2.45, 2.75) is 25.0 Å². The monoisotopic (exact) mass is 226 g/mol. The number of piperazine rings is 1. The second-order valence-electron chi connectivity index (χ2n) is 6.03. The molecule has 0 aromatic heterocycles. The summed E-state index contributed by atoms with van der Waals surface area (Å²) in [7, 11) is 0. The Hall–Kier alpha value is -0.160. The summed E-state index contributed by atoms with van der Waals surface area (Å²) >= 11 is 0. The zero-order valence-electron chi connectivity index (χ0n) is 10.4. The summed E-state index contributed by atoms with van der Waals surface area (Å²) < 4.78 is 10.9. The summed E-state index contributed by atoms with van der Waals surface area (Å²) in [5.41, 5.74) is 0.349. The van der Waals surface area contributed by atoms with Crippen LogP contribution in [0.25, 0.3) is 0 Å². The van der Waals surface area contributed by atoms with Gasteiger partial charge in [-0.15, -0.1) is 0 Å². The zero-order valence-corrected chi connectivity index (χ0v) is 10.4. The summed E-state index contributed by atoms with van der Waals surface area (Å²) in [5.74, 6) is 0. The lowest BCUT2D eigenvalue weighted by Gasteiger charge is -2.36. The van der Waals surface area contributed by atoms with Crippen LogP contribution in [-0.4, -0.2) is 73.5 Å². The molecule has 3 aliphatic rings. The van der Waals surface area contributed by atoms with Gasteiger partial charge in [0.25, 0.3) is 0 Å². The summed E-state index contributed by atoms with van der Waals surface area (Å²) in [6, 6.07) is 0. The molecule has 16 heavy (non-hydrogen) atoms. The van der Waals surface area contributed by atoms with Gasteiger partial charge in [0.05, 0.1) is 13.2 Å². The predicted octanol–water partition coefficient (Wildman–Crippen LogP) is 0.182. The minimum absolute atomic E-state index is 0.174. The number of nitrogens with zero attached hydrogens (tertiary/aromatic N) is 2. The Morgan fingerprint density at radius 2 is 1.12 bits per heavy atom. The van der Waals surface area contributed by atoms with Crippen LogP contribution in [0.5, 0.6) is 0 Å². The molecule has 0 N–H and O–H groups in total. The number of ether oxygens (including phenoxy) is 2. The van der Waals surface area contributed by atoms with Crippen molar-refractivity contribution in [3.05, 3.63) is 0 Å². The second kappa shape index (κ2) is 3.67. The number of rotatable bonds is 4. The Labute approximate surface area is 97.5 Å². The second-order valence-corrected chi connectivity index (χ2v) is 6.03. The van der Waals surface area contributed by atoms with Crippen molar-refractivity contribution in [2.75, 3.05) is 52.5 Å². The van der Waals surface area contributed by atoms with Gasteiger partial charge in [0.2, 0.25) is 0 Å². The van der Waals surface area contributed by atoms with Crippen molar-refractivity contribution in [3.63, 3.8) is 0 Å². The average Bonchev–Trinajstić information content (AvgIpc) is 3.13. The molecule has 0 aliphatic carbocycles. The van der Waals surface area contributed by atoms with Gasteiger partial charge in [-0.3, -0.25) is 9.80 Å². The van der Waals surface area contributed by atoms with E-state index in [0.29, 0.717) is 0 Å². The van der Waals surface area contributed by atoms with Crippen LogP contribution >= 0.6 is 0 Å². The first kappa shape index (κ1) is 11.0. The molecule has 3 rings (SSSR count). The summed E-state index contributed by atoms with van der Waals surface area (Å²) in [6.45, 7) is 13.2. The quantitative estimate of drug-likeness (QED) is 0.640. The van der Waals surface area contributed by atoms with Crippen LogP contribution < -0.4 is 0 Å². The van der Waals surface area contributed by atoms with Crippen LogP contribution in [0.3, 0.4) is 0 Å². The summed E-state index contributed by atoms with van der Waals surface area (Å²) in [5, 5.41) is 0. The van der Waals surface area contributed by atoms with Gasteiger partial charge in [0.1, 0.15) is 11.2 Å². The van der Waals surface area contributed by atoms with Gasteiger partial charge in [-0.25, -0.2) is 0 Å². The molecule has 0 aromatic carbocycles. The number of hydrogen-bond acceptors (Lipinski definition) is 4. The van der Waals surface area contributed by atoms with Gasteiger partial charge < -0.3 is 9.47 Å². The van der Waals surface area contributed by atoms with E-state index in [1.54, 1.807) is 0 Å². The average molecular weight is 226 g/mol. The standard InChI is InChI=1S/C12H22N2O2/c1-11(9-15-11)7-13-3-5-14(6-4-13)8-12(2)10-16-12/h3-10H2,1-2H3. The lowest BCUT2D eigenvalue weighted by molar-refractivity contribution is 0.0928. The molecule has 0 spiro atoms. The molecule has 0 saturated carbocycles. The minimum Gasteiger partial charge on any atom is -0.369 e. The highest BCUT2D eigenvalue weighted by Gasteiger charge is 2.43. The van der Waals surface area contributed by atoms with E-state index in [1.807, 2.05) is 0 Å². The zero-order chi connectivity index (χ0) is 11.2. The fraction of sp³-hybridized carbons (Fsp3) is 1.00. The molecular weight excluding hydrogens is 204 g/mol. The van der Waals surface area contributed by atoms with Crippen LogP contribution in [0.2, 0.25) is 0 Å². The molecule has 0 amide bonds. The highest BCUT2D eigenvalue weighted by molar-refractivity contribution is 4.94. The van der Waals surface area contributed by atoms with Gasteiger partial charge in [-0.05, 0) is 13.8 Å². The lowest BCUT2D eigenvalue weighted by Crippen LogP contribution is -2.50. The molecule has 3 heterocycles. The predicted molar refractivity (Wildman–Crippen MR) is 61.6 cm³/mol. The smallest absolute Gasteiger partial charge is 0.101 e. The molecule has 3 aliphatic heterocycles. The third kappa shape index (κ3) is 2.56. The molecule has 3 saturated heterocycles. The molecule has 0 aromatic rings. The fourth-order valence-electron chi connectivity index (χ4n) is 2.48. The third-order valence-electron chi connectivity index (χ3n) is 3.86. The van der Waals surface area contributed by atoms with Crippen molar-refractivity contribution in [2.24, 2.45) is 0 Å². The van der Waals surface area contributed by atoms with Gasteiger partial charge in [-0.2, -0.15) is 0 Å². The van der Waals surface area contributed by atoms with E-state index < -0.39 is 0 Å². The Kier molecular flexibility index (Phi) is 2.51. The highest BCUT2D eigenvalue weighted by atomic mass is 16.6. The van der Waals surface area contributed by atoms with Crippen LogP contribution in [0.15, 0.2) is 0 Å². The van der Waals surface area contributed by atoms with Crippen molar-refractivity contribution < 1.29 is 9.47 Å². The van der Waals surface area contributed by atoms with E-state index in [2.05, 4.69) is 23.6 Å². The van der Waals surface area contributed by atoms with Crippen LogP contribution in [0.1, 0.15) is 13.8 Å². The van der Waals surface area contributed by atoms with E-state index >= 15 is 0 Å². The van der Waals surface area contributed by atoms with E-state index in [4.69, 9.17) is 9.47 Å². The number of epoxide rings is 2. The highest BCUT2D eigenvalue weighted by Crippen LogP contribution is 2.29. The Bertz CT molecular complexity index is 238. The van der Waals surface area contributed by atoms with Crippen molar-refractivity contribution in [3.8, 4) is 0 Å². The van der Waals surface area contributed by atoms with Gasteiger partial charge in [0.15, 0.2) is 0 Å². The fourth-order valence-corrected chi connectivity index (χ4v) is 2.48. The van der Waals surface area contributed by atoms with Gasteiger partial charge >= 0.3 is 0 Å². The maximum atomic E-state index is 5.44.